The number of para-hydroxylation sites is 1. The first-order valence-corrected chi connectivity index (χ1v) is 8.23. The van der Waals surface area contributed by atoms with Crippen LogP contribution in [0.15, 0.2) is 54.6 Å². The molecule has 2 aromatic rings. The standard InChI is InChI=1S/C20H24N2O3/c1-15(25-14-17-9-5-4-6-10-17)20(24)21-19-12-8-7-11-18(19)13-22(3)16(2)23/h4-12,15H,13-14H2,1-3H3,(H,21,24). The quantitative estimate of drug-likeness (QED) is 0.842. The van der Waals surface area contributed by atoms with E-state index in [0.717, 1.165) is 11.1 Å². The number of anilines is 1. The number of ether oxygens (including phenoxy) is 1. The lowest BCUT2D eigenvalue weighted by Gasteiger charge is -2.19. The highest BCUT2D eigenvalue weighted by atomic mass is 16.5. The Kier molecular flexibility index (Phi) is 6.71. The van der Waals surface area contributed by atoms with Crippen LogP contribution in [0.25, 0.3) is 0 Å². The number of nitrogens with one attached hydrogen (secondary N) is 1. The average molecular weight is 340 g/mol. The summed E-state index contributed by atoms with van der Waals surface area (Å²) in [6, 6.07) is 17.2. The molecule has 0 aliphatic carbocycles. The summed E-state index contributed by atoms with van der Waals surface area (Å²) in [5, 5.41) is 2.89. The fraction of sp³-hybridized carbons (Fsp3) is 0.300. The van der Waals surface area contributed by atoms with Gasteiger partial charge in [-0.1, -0.05) is 48.5 Å². The molecule has 0 spiro atoms. The number of hydrogen-bond donors (Lipinski definition) is 1. The summed E-state index contributed by atoms with van der Waals surface area (Å²) in [4.78, 5) is 25.4. The monoisotopic (exact) mass is 340 g/mol. The molecule has 1 N–H and O–H groups in total. The van der Waals surface area contributed by atoms with E-state index in [-0.39, 0.29) is 11.8 Å². The summed E-state index contributed by atoms with van der Waals surface area (Å²) in [6.07, 6.45) is -0.584. The van der Waals surface area contributed by atoms with Crippen LogP contribution >= 0.6 is 0 Å². The summed E-state index contributed by atoms with van der Waals surface area (Å²) >= 11 is 0. The molecule has 2 aromatic carbocycles. The smallest absolute Gasteiger partial charge is 0.253 e. The molecule has 25 heavy (non-hydrogen) atoms. The van der Waals surface area contributed by atoms with Crippen molar-refractivity contribution in [2.75, 3.05) is 12.4 Å². The van der Waals surface area contributed by atoms with Gasteiger partial charge in [0.2, 0.25) is 5.91 Å². The van der Waals surface area contributed by atoms with E-state index >= 15 is 0 Å². The maximum absolute atomic E-state index is 12.4. The van der Waals surface area contributed by atoms with Crippen molar-refractivity contribution >= 4 is 17.5 Å². The van der Waals surface area contributed by atoms with Crippen molar-refractivity contribution in [1.29, 1.82) is 0 Å². The molecule has 2 amide bonds. The van der Waals surface area contributed by atoms with Gasteiger partial charge in [0.05, 0.1) is 6.61 Å². The lowest BCUT2D eigenvalue weighted by atomic mass is 10.1. The maximum atomic E-state index is 12.4. The number of amides is 2. The van der Waals surface area contributed by atoms with E-state index in [4.69, 9.17) is 4.74 Å². The molecule has 2 rings (SSSR count). The minimum Gasteiger partial charge on any atom is -0.364 e. The zero-order chi connectivity index (χ0) is 18.2. The Morgan fingerprint density at radius 1 is 1.08 bits per heavy atom. The Balaban J connectivity index is 1.96. The van der Waals surface area contributed by atoms with Gasteiger partial charge < -0.3 is 15.0 Å². The first-order valence-electron chi connectivity index (χ1n) is 8.23. The van der Waals surface area contributed by atoms with Gasteiger partial charge in [0.1, 0.15) is 6.10 Å². The Bertz CT molecular complexity index is 716. The maximum Gasteiger partial charge on any atom is 0.253 e. The van der Waals surface area contributed by atoms with Crippen LogP contribution in [0, 0.1) is 0 Å². The predicted octanol–water partition coefficient (Wildman–Crippen LogP) is 3.21. The van der Waals surface area contributed by atoms with Crippen molar-refractivity contribution in [2.45, 2.75) is 33.1 Å². The number of carbonyl (C=O) groups excluding carboxylic acids is 2. The molecule has 0 aliphatic rings. The molecule has 0 aliphatic heterocycles. The summed E-state index contributed by atoms with van der Waals surface area (Å²) in [5.41, 5.74) is 2.59. The van der Waals surface area contributed by atoms with Crippen molar-refractivity contribution < 1.29 is 14.3 Å². The first kappa shape index (κ1) is 18.7. The zero-order valence-corrected chi connectivity index (χ0v) is 14.9. The van der Waals surface area contributed by atoms with E-state index in [1.165, 1.54) is 6.92 Å². The number of benzene rings is 2. The number of hydrogen-bond acceptors (Lipinski definition) is 3. The van der Waals surface area contributed by atoms with Gasteiger partial charge in [0.15, 0.2) is 0 Å². The lowest BCUT2D eigenvalue weighted by Crippen LogP contribution is -2.29. The molecule has 1 unspecified atom stereocenters. The fourth-order valence-electron chi connectivity index (χ4n) is 2.25. The van der Waals surface area contributed by atoms with Crippen LogP contribution in [0.4, 0.5) is 5.69 Å². The molecule has 0 saturated carbocycles. The molecule has 5 nitrogen and oxygen atoms in total. The van der Waals surface area contributed by atoms with Gasteiger partial charge in [-0.2, -0.15) is 0 Å². The van der Waals surface area contributed by atoms with Gasteiger partial charge in [-0.15, -0.1) is 0 Å². The fourth-order valence-corrected chi connectivity index (χ4v) is 2.25. The lowest BCUT2D eigenvalue weighted by molar-refractivity contribution is -0.128. The average Bonchev–Trinajstić information content (AvgIpc) is 2.62. The Labute approximate surface area is 148 Å². The van der Waals surface area contributed by atoms with Crippen LogP contribution in [-0.4, -0.2) is 29.9 Å². The molecule has 0 radical (unpaired) electrons. The Morgan fingerprint density at radius 2 is 1.72 bits per heavy atom. The van der Waals surface area contributed by atoms with Crippen LogP contribution in [0.2, 0.25) is 0 Å². The largest absolute Gasteiger partial charge is 0.364 e. The molecule has 1 atom stereocenters. The third-order valence-corrected chi connectivity index (χ3v) is 3.93. The molecule has 0 aromatic heterocycles. The third kappa shape index (κ3) is 5.72. The Morgan fingerprint density at radius 3 is 2.40 bits per heavy atom. The number of rotatable bonds is 7. The predicted molar refractivity (Wildman–Crippen MR) is 97.9 cm³/mol. The van der Waals surface area contributed by atoms with Crippen LogP contribution in [-0.2, 0) is 27.5 Å². The van der Waals surface area contributed by atoms with E-state index in [1.807, 2.05) is 54.6 Å². The second-order valence-electron chi connectivity index (χ2n) is 5.96. The highest BCUT2D eigenvalue weighted by Gasteiger charge is 2.16. The van der Waals surface area contributed by atoms with Crippen LogP contribution < -0.4 is 5.32 Å². The van der Waals surface area contributed by atoms with Gasteiger partial charge in [0, 0.05) is 26.2 Å². The molecule has 0 heterocycles. The van der Waals surface area contributed by atoms with Crippen LogP contribution in [0.5, 0.6) is 0 Å². The highest BCUT2D eigenvalue weighted by molar-refractivity contribution is 5.94. The minimum atomic E-state index is -0.584. The van der Waals surface area contributed by atoms with Crippen molar-refractivity contribution in [3.05, 3.63) is 65.7 Å². The molecular weight excluding hydrogens is 316 g/mol. The van der Waals surface area contributed by atoms with Crippen molar-refractivity contribution in [2.24, 2.45) is 0 Å². The van der Waals surface area contributed by atoms with E-state index in [9.17, 15) is 9.59 Å². The van der Waals surface area contributed by atoms with Gasteiger partial charge in [-0.25, -0.2) is 0 Å². The van der Waals surface area contributed by atoms with Crippen LogP contribution in [0.3, 0.4) is 0 Å². The second-order valence-corrected chi connectivity index (χ2v) is 5.96. The molecular formula is C20H24N2O3. The summed E-state index contributed by atoms with van der Waals surface area (Å²) < 4.78 is 5.64. The SMILES string of the molecule is CC(=O)N(C)Cc1ccccc1NC(=O)C(C)OCc1ccccc1. The topological polar surface area (TPSA) is 58.6 Å². The molecule has 0 saturated heterocycles. The third-order valence-electron chi connectivity index (χ3n) is 3.93. The van der Waals surface area contributed by atoms with E-state index in [0.29, 0.717) is 18.8 Å². The second kappa shape index (κ2) is 8.99. The summed E-state index contributed by atoms with van der Waals surface area (Å²) in [6.45, 7) is 4.05. The van der Waals surface area contributed by atoms with E-state index in [2.05, 4.69) is 5.32 Å². The molecule has 132 valence electrons. The highest BCUT2D eigenvalue weighted by Crippen LogP contribution is 2.17. The van der Waals surface area contributed by atoms with Gasteiger partial charge >= 0.3 is 0 Å². The first-order chi connectivity index (χ1) is 12.0. The minimum absolute atomic E-state index is 0.0271. The number of carbonyl (C=O) groups is 2. The van der Waals surface area contributed by atoms with E-state index in [1.54, 1.807) is 18.9 Å². The summed E-state index contributed by atoms with van der Waals surface area (Å²) in [5.74, 6) is -0.241. The van der Waals surface area contributed by atoms with Gasteiger partial charge in [0.25, 0.3) is 5.91 Å². The normalized spacial score (nSPS) is 11.6. The van der Waals surface area contributed by atoms with Crippen molar-refractivity contribution in [1.82, 2.24) is 4.90 Å². The molecule has 0 bridgehead atoms. The molecule has 5 heteroatoms. The number of nitrogens with zero attached hydrogens (tertiary/aromatic N) is 1. The van der Waals surface area contributed by atoms with Gasteiger partial charge in [-0.3, -0.25) is 9.59 Å². The van der Waals surface area contributed by atoms with Gasteiger partial charge in [-0.05, 0) is 24.1 Å². The van der Waals surface area contributed by atoms with E-state index < -0.39 is 6.10 Å². The van der Waals surface area contributed by atoms with Crippen LogP contribution in [0.1, 0.15) is 25.0 Å². The molecule has 0 fully saturated rings. The van der Waals surface area contributed by atoms with Crippen molar-refractivity contribution in [3.63, 3.8) is 0 Å². The zero-order valence-electron chi connectivity index (χ0n) is 14.9. The Hall–Kier alpha value is -2.66. The summed E-state index contributed by atoms with van der Waals surface area (Å²) in [7, 11) is 1.73. The van der Waals surface area contributed by atoms with Crippen molar-refractivity contribution in [3.8, 4) is 0 Å².